The molecule has 0 saturated heterocycles. The molecule has 0 aliphatic rings. The van der Waals surface area contributed by atoms with Crippen molar-refractivity contribution < 1.29 is 14.4 Å². The van der Waals surface area contributed by atoms with Crippen molar-refractivity contribution in [2.75, 3.05) is 23.8 Å². The lowest BCUT2D eigenvalue weighted by molar-refractivity contribution is 0.247. The smallest absolute Gasteiger partial charge is 0.321 e. The van der Waals surface area contributed by atoms with Gasteiger partial charge in [-0.15, -0.1) is 0 Å². The van der Waals surface area contributed by atoms with Crippen molar-refractivity contribution in [3.63, 3.8) is 0 Å². The number of carbonyl (C=O) groups excluding carboxylic acids is 1. The lowest BCUT2D eigenvalue weighted by Gasteiger charge is -2.16. The van der Waals surface area contributed by atoms with E-state index in [2.05, 4.69) is 26.1 Å². The Balaban J connectivity index is 1.72. The van der Waals surface area contributed by atoms with Gasteiger partial charge in [-0.3, -0.25) is 0 Å². The van der Waals surface area contributed by atoms with E-state index in [9.17, 15) is 4.79 Å². The van der Waals surface area contributed by atoms with Gasteiger partial charge in [0.15, 0.2) is 5.82 Å². The van der Waals surface area contributed by atoms with E-state index in [4.69, 9.17) is 32.8 Å². The van der Waals surface area contributed by atoms with Crippen LogP contribution in [-0.2, 0) is 6.42 Å². The molecule has 1 unspecified atom stereocenters. The number of rotatable bonds is 9. The van der Waals surface area contributed by atoms with E-state index in [1.54, 1.807) is 36.4 Å². The van der Waals surface area contributed by atoms with Gasteiger partial charge in [0.1, 0.15) is 0 Å². The Morgan fingerprint density at radius 3 is 2.40 bits per heavy atom. The molecule has 3 aromatic rings. The zero-order chi connectivity index (χ0) is 21.3. The van der Waals surface area contributed by atoms with Crippen LogP contribution in [0.1, 0.15) is 23.9 Å². The first-order chi connectivity index (χ1) is 14.5. The highest BCUT2D eigenvalue weighted by Gasteiger charge is 2.21. The number of nitrogens with zero attached hydrogens (tertiary/aromatic N) is 2. The first-order valence-electron chi connectivity index (χ1n) is 9.29. The largest absolute Gasteiger partial charge is 0.396 e. The van der Waals surface area contributed by atoms with Crippen LogP contribution >= 0.6 is 23.2 Å². The number of benzene rings is 2. The quantitative estimate of drug-likeness (QED) is 0.362. The van der Waals surface area contributed by atoms with Crippen molar-refractivity contribution in [2.24, 2.45) is 0 Å². The zero-order valence-corrected chi connectivity index (χ0v) is 17.5. The minimum Gasteiger partial charge on any atom is -0.396 e. The average Bonchev–Trinajstić information content (AvgIpc) is 3.20. The highest BCUT2D eigenvalue weighted by molar-refractivity contribution is 6.30. The number of aromatic nitrogens is 2. The highest BCUT2D eigenvalue weighted by atomic mass is 35.5. The first-order valence-corrected chi connectivity index (χ1v) is 10.0. The molecule has 0 bridgehead atoms. The summed E-state index contributed by atoms with van der Waals surface area (Å²) in [6.07, 6.45) is 0.981. The fourth-order valence-corrected chi connectivity index (χ4v) is 2.90. The van der Waals surface area contributed by atoms with Gasteiger partial charge in [-0.05, 0) is 48.4 Å². The van der Waals surface area contributed by atoms with Crippen LogP contribution in [0.2, 0.25) is 10.0 Å². The molecule has 0 aliphatic carbocycles. The van der Waals surface area contributed by atoms with Crippen LogP contribution < -0.4 is 16.0 Å². The molecule has 2 aromatic carbocycles. The van der Waals surface area contributed by atoms with Crippen LogP contribution in [0.3, 0.4) is 0 Å². The second-order valence-electron chi connectivity index (χ2n) is 6.45. The average molecular weight is 450 g/mol. The van der Waals surface area contributed by atoms with E-state index >= 15 is 0 Å². The first kappa shape index (κ1) is 21.9. The molecule has 0 saturated carbocycles. The predicted octanol–water partition coefficient (Wildman–Crippen LogP) is 4.28. The van der Waals surface area contributed by atoms with Crippen molar-refractivity contribution in [2.45, 2.75) is 18.9 Å². The predicted molar refractivity (Wildman–Crippen MR) is 116 cm³/mol. The van der Waals surface area contributed by atoms with Gasteiger partial charge in [0, 0.05) is 35.3 Å². The monoisotopic (exact) mass is 449 g/mol. The maximum Gasteiger partial charge on any atom is 0.321 e. The van der Waals surface area contributed by atoms with Crippen molar-refractivity contribution in [1.82, 2.24) is 15.5 Å². The van der Waals surface area contributed by atoms with Crippen molar-refractivity contribution in [3.8, 4) is 0 Å². The summed E-state index contributed by atoms with van der Waals surface area (Å²) in [6, 6.07) is 13.3. The van der Waals surface area contributed by atoms with E-state index in [1.165, 1.54) is 0 Å². The second kappa shape index (κ2) is 10.8. The maximum absolute atomic E-state index is 12.5. The summed E-state index contributed by atoms with van der Waals surface area (Å²) in [4.78, 5) is 16.8. The molecule has 1 atom stereocenters. The summed E-state index contributed by atoms with van der Waals surface area (Å²) in [5.74, 6) is 0.322. The molecular weight excluding hydrogens is 429 g/mol. The Bertz CT molecular complexity index is 948. The second-order valence-corrected chi connectivity index (χ2v) is 7.32. The Hall–Kier alpha value is -2.81. The van der Waals surface area contributed by atoms with Gasteiger partial charge in [0.05, 0.1) is 6.04 Å². The zero-order valence-electron chi connectivity index (χ0n) is 15.9. The Kier molecular flexibility index (Phi) is 7.89. The fraction of sp³-hybridized carbons (Fsp3) is 0.250. The van der Waals surface area contributed by atoms with Gasteiger partial charge in [-0.2, -0.15) is 4.98 Å². The molecule has 30 heavy (non-hydrogen) atoms. The summed E-state index contributed by atoms with van der Waals surface area (Å²) in [5, 5.41) is 22.6. The number of halogens is 2. The van der Waals surface area contributed by atoms with Gasteiger partial charge in [0.25, 0.3) is 0 Å². The molecule has 158 valence electrons. The third-order valence-corrected chi connectivity index (χ3v) is 4.63. The van der Waals surface area contributed by atoms with Crippen LogP contribution in [0.4, 0.5) is 16.5 Å². The molecule has 0 radical (unpaired) electrons. The number of hydrogen-bond acceptors (Lipinski definition) is 6. The third-order valence-electron chi connectivity index (χ3n) is 4.13. The summed E-state index contributed by atoms with van der Waals surface area (Å²) in [6.45, 7) is 0.546. The van der Waals surface area contributed by atoms with E-state index in [0.717, 1.165) is 5.56 Å². The van der Waals surface area contributed by atoms with Crippen LogP contribution in [0.25, 0.3) is 0 Å². The normalized spacial score (nSPS) is 11.7. The maximum atomic E-state index is 12.5. The SMILES string of the molecule is O=C(Nc1ccc(Cl)cc1)NC(Cc1ccc(Cl)cc1)c1noc(NCCCO)n1. The minimum atomic E-state index is -0.546. The fourth-order valence-electron chi connectivity index (χ4n) is 2.64. The summed E-state index contributed by atoms with van der Waals surface area (Å²) in [5.41, 5.74) is 1.54. The van der Waals surface area contributed by atoms with Crippen LogP contribution in [0, 0.1) is 0 Å². The third kappa shape index (κ3) is 6.62. The molecular formula is C20H21Cl2N5O3. The van der Waals surface area contributed by atoms with Crippen molar-refractivity contribution >= 4 is 40.9 Å². The van der Waals surface area contributed by atoms with Crippen LogP contribution in [-0.4, -0.2) is 34.4 Å². The molecule has 0 aliphatic heterocycles. The lowest BCUT2D eigenvalue weighted by atomic mass is 10.1. The van der Waals surface area contributed by atoms with Crippen LogP contribution in [0.5, 0.6) is 0 Å². The van der Waals surface area contributed by atoms with Gasteiger partial charge >= 0.3 is 12.0 Å². The number of amides is 2. The summed E-state index contributed by atoms with van der Waals surface area (Å²) in [7, 11) is 0. The number of aliphatic hydroxyl groups excluding tert-OH is 1. The number of aliphatic hydroxyl groups is 1. The standard InChI is InChI=1S/C20H21Cl2N5O3/c21-14-4-2-13(3-5-14)12-17(18-26-20(30-27-18)23-10-1-11-28)25-19(29)24-16-8-6-15(22)7-9-16/h2-9,17,28H,1,10-12H2,(H,23,26,27)(H2,24,25,29). The van der Waals surface area contributed by atoms with Crippen LogP contribution in [0.15, 0.2) is 53.1 Å². The highest BCUT2D eigenvalue weighted by Crippen LogP contribution is 2.20. The van der Waals surface area contributed by atoms with Gasteiger partial charge < -0.3 is 25.6 Å². The topological polar surface area (TPSA) is 112 Å². The molecule has 0 fully saturated rings. The van der Waals surface area contributed by atoms with Gasteiger partial charge in [-0.1, -0.05) is 40.5 Å². The number of anilines is 2. The molecule has 0 spiro atoms. The molecule has 10 heteroatoms. The number of nitrogens with one attached hydrogen (secondary N) is 3. The molecule has 1 aromatic heterocycles. The Labute approximate surface area is 183 Å². The Morgan fingerprint density at radius 1 is 1.07 bits per heavy atom. The van der Waals surface area contributed by atoms with Crippen molar-refractivity contribution in [1.29, 1.82) is 0 Å². The van der Waals surface area contributed by atoms with E-state index in [-0.39, 0.29) is 12.6 Å². The number of carbonyl (C=O) groups is 1. The summed E-state index contributed by atoms with van der Waals surface area (Å²) < 4.78 is 5.20. The minimum absolute atomic E-state index is 0.0552. The lowest BCUT2D eigenvalue weighted by Crippen LogP contribution is -2.34. The van der Waals surface area contributed by atoms with E-state index in [0.29, 0.717) is 40.9 Å². The Morgan fingerprint density at radius 2 is 1.73 bits per heavy atom. The molecule has 1 heterocycles. The van der Waals surface area contributed by atoms with E-state index in [1.807, 2.05) is 12.1 Å². The molecule has 3 rings (SSSR count). The molecule has 4 N–H and O–H groups in total. The molecule has 2 amide bonds. The number of urea groups is 1. The number of hydrogen-bond donors (Lipinski definition) is 4. The van der Waals surface area contributed by atoms with E-state index < -0.39 is 12.1 Å². The van der Waals surface area contributed by atoms with Gasteiger partial charge in [-0.25, -0.2) is 4.79 Å². The van der Waals surface area contributed by atoms with Crippen molar-refractivity contribution in [3.05, 3.63) is 70.0 Å². The molecule has 8 nitrogen and oxygen atoms in total. The summed E-state index contributed by atoms with van der Waals surface area (Å²) >= 11 is 11.8. The van der Waals surface area contributed by atoms with Gasteiger partial charge in [0.2, 0.25) is 0 Å².